The topological polar surface area (TPSA) is 621 Å². The van der Waals surface area contributed by atoms with E-state index < -0.39 is 125 Å². The minimum Gasteiger partial charge on any atom is -0.756 e. The van der Waals surface area contributed by atoms with Crippen LogP contribution >= 0.6 is 31.3 Å². The molecule has 0 rings (SSSR count). The van der Waals surface area contributed by atoms with Crippen molar-refractivity contribution in [2.24, 2.45) is 0 Å². The van der Waals surface area contributed by atoms with Crippen molar-refractivity contribution in [1.29, 1.82) is 0 Å². The van der Waals surface area contributed by atoms with Crippen LogP contribution in [0.1, 0.15) is 40.5 Å². The number of carbonyl (C=O) groups is 10. The molecule has 0 bridgehead atoms. The largest absolute Gasteiger partial charge is 0.756 e. The van der Waals surface area contributed by atoms with E-state index >= 15 is 0 Å². The van der Waals surface area contributed by atoms with E-state index in [0.29, 0.717) is 29.1 Å². The molecule has 4 unspecified atom stereocenters. The highest BCUT2D eigenvalue weighted by atomic mass is 32.2. The smallest absolute Gasteiger partial charge is 0.337 e. The number of phosphoric acid groups is 4. The number of ether oxygens (including phenoxy) is 6. The van der Waals surface area contributed by atoms with Crippen LogP contribution in [-0.4, -0.2) is 368 Å². The average Bonchev–Trinajstić information content (AvgIpc) is 0.873. The number of carboxylic acids is 2. The van der Waals surface area contributed by atoms with Gasteiger partial charge in [-0.15, -0.1) is 0 Å². The first-order valence-corrected chi connectivity index (χ1v) is 43.6. The van der Waals surface area contributed by atoms with Gasteiger partial charge in [0, 0.05) is 47.8 Å². The fraction of sp³-hybridized carbons (Fsp3) is 0.618. The number of rotatable bonds is 50. The summed E-state index contributed by atoms with van der Waals surface area (Å²) in [6.45, 7) is 29.5. The van der Waals surface area contributed by atoms with Gasteiger partial charge in [-0.1, -0.05) is 52.6 Å². The zero-order chi connectivity index (χ0) is 98.5. The normalized spacial score (nSPS) is 13.6. The first-order chi connectivity index (χ1) is 54.2. The number of aliphatic carboxylic acids is 2. The van der Waals surface area contributed by atoms with Gasteiger partial charge in [-0.2, -0.15) is 0 Å². The summed E-state index contributed by atoms with van der Waals surface area (Å²) < 4.78 is 172. The first kappa shape index (κ1) is 130. The highest BCUT2D eigenvalue weighted by Crippen LogP contribution is 2.41. The lowest BCUT2D eigenvalue weighted by Gasteiger charge is -2.29. The Hall–Kier alpha value is -7.04. The predicted molar refractivity (Wildman–Crippen MR) is 423 cm³/mol. The third-order valence-electron chi connectivity index (χ3n) is 11.0. The number of carboxylic acid groups (broad SMARTS) is 2. The molecular weight excluding hydrogens is 1780 g/mol. The summed E-state index contributed by atoms with van der Waals surface area (Å²) in [6.07, 6.45) is 3.96. The Labute approximate surface area is 716 Å². The summed E-state index contributed by atoms with van der Waals surface area (Å²) >= 11 is 0. The van der Waals surface area contributed by atoms with E-state index in [1.54, 1.807) is 120 Å². The Kier molecular flexibility index (Phi) is 64.8. The number of nitrogens with zero attached hydrogens (tertiary/aromatic N) is 8. The zero-order valence-electron chi connectivity index (χ0n) is 74.2. The van der Waals surface area contributed by atoms with Gasteiger partial charge in [0.2, 0.25) is 26.9 Å². The predicted octanol–water partition coefficient (Wildman–Crippen LogP) is -2.67. The fourth-order valence-corrected chi connectivity index (χ4v) is 10.6. The molecule has 0 saturated heterocycles. The van der Waals surface area contributed by atoms with E-state index in [-0.39, 0.29) is 134 Å². The maximum absolute atomic E-state index is 11.3. The van der Waals surface area contributed by atoms with Crippen molar-refractivity contribution in [3.63, 3.8) is 0 Å². The monoisotopic (exact) mass is 1910 g/mol. The summed E-state index contributed by atoms with van der Waals surface area (Å²) in [5.74, 6) is -7.95. The lowest BCUT2D eigenvalue weighted by molar-refractivity contribution is -0.901. The molecule has 0 aromatic heterocycles. The van der Waals surface area contributed by atoms with Crippen molar-refractivity contribution in [1.82, 2.24) is 0 Å². The zero-order valence-corrected chi connectivity index (χ0v) is 79.4. The molecule has 0 saturated carbocycles. The maximum Gasteiger partial charge on any atom is 0.337 e. The lowest BCUT2D eigenvalue weighted by Crippen LogP contribution is -2.49. The van der Waals surface area contributed by atoms with Gasteiger partial charge in [0.25, 0.3) is 31.3 Å². The quantitative estimate of drug-likeness (QED) is 0.00690. The van der Waals surface area contributed by atoms with Crippen LogP contribution < -0.4 is 29.8 Å². The van der Waals surface area contributed by atoms with E-state index in [0.717, 1.165) is 24.3 Å². The highest BCUT2D eigenvalue weighted by molar-refractivity contribution is 7.85. The molecule has 48 nitrogen and oxygen atoms in total. The Morgan fingerprint density at radius 1 is 0.328 bits per heavy atom. The summed E-state index contributed by atoms with van der Waals surface area (Å²) in [4.78, 5) is 152. The van der Waals surface area contributed by atoms with Crippen LogP contribution in [0.5, 0.6) is 0 Å². The number of hydrogen-bond donors (Lipinski definition) is 0. The Balaban J connectivity index is -0.000000203. The van der Waals surface area contributed by atoms with Crippen molar-refractivity contribution in [2.45, 2.75) is 40.5 Å². The number of quaternary nitrogens is 8. The molecule has 0 N–H and O–H groups in total. The van der Waals surface area contributed by atoms with Crippen molar-refractivity contribution in [3.8, 4) is 0 Å². The molecule has 54 heteroatoms. The number of ketones is 2. The molecular formula is C68H128N8O40P4S2. The third-order valence-corrected chi connectivity index (χ3v) is 16.6. The van der Waals surface area contributed by atoms with Gasteiger partial charge in [-0.3, -0.25) is 72.9 Å². The van der Waals surface area contributed by atoms with Crippen molar-refractivity contribution in [2.75, 3.05) is 246 Å². The molecule has 0 aromatic carbocycles. The Bertz CT molecular complexity index is 3770. The van der Waals surface area contributed by atoms with Gasteiger partial charge in [0.05, 0.1) is 166 Å². The molecule has 4 atom stereocenters. The molecule has 712 valence electrons. The minimum atomic E-state index is -4.45. The molecule has 0 radical (unpaired) electrons. The molecule has 122 heavy (non-hydrogen) atoms. The van der Waals surface area contributed by atoms with Gasteiger partial charge >= 0.3 is 35.8 Å². The number of likely N-dealkylation sites (N-methyl/N-ethyl adjacent to an activating group) is 2. The van der Waals surface area contributed by atoms with E-state index in [4.69, 9.17) is 9.47 Å². The molecule has 0 aliphatic rings. The minimum absolute atomic E-state index is 0.0142. The van der Waals surface area contributed by atoms with Crippen LogP contribution in [0.2, 0.25) is 0 Å². The van der Waals surface area contributed by atoms with Crippen LogP contribution in [-0.2, 0) is 151 Å². The second kappa shape index (κ2) is 60.6. The maximum atomic E-state index is 11.3. The Morgan fingerprint density at radius 3 is 0.811 bits per heavy atom. The lowest BCUT2D eigenvalue weighted by atomic mass is 10.2. The molecule has 0 spiro atoms. The second-order valence-electron chi connectivity index (χ2n) is 31.8. The number of hydrogen-bond acceptors (Lipinski definition) is 40. The standard InChI is InChI=1S/C10H20NO5P.C9H18NO6P.C9H18NO5P.C9H15NO4.C8H16NO6P.C8H15NO5S.C8H13NO4.C7H13NO5S/c1-9(2)10(12)6-7-15-17(13,14)16-8-11(3,4)5;1-8(2)9(11)14-7-16-17(12,13)15-6-10(3,4)5;1-5-9(11)6-7-14-16(12,13)15-8-10(2,3)4;1-7(2)9(13)14-6-10(3,4)5-8(11)12;1-5-8(10)13-7-15-16(11,12)14-6-9(2,3)4;1-7(2)8(10)14-5-9(3,4)6-15(11,12)13;1-4-8(12)13-6-9(2,3)5-7(10)11;1-4-7(9)13-5-8(2,3)6-14(10,11)12/h1,6-8H2,2-5H3;1,6-7H2,2-5H3;5H,1,6-8H2,2-4H3;1,5-6H2,2-4H3;5H,1,6-7H2,2-4H3;1,5-6H2,2-4H3;4H,1,5-6H2,2-3H3;4H,1,5-6H2,2-3H3/i3+1,4+1,5+1,11+1;3+1,4+1,5+1,10+1;2+1,3+1,4+1,10+1;3+1,4+1,10+1;2+1,3+1,4+1,9+1;3+1,4+1,9+1;2+1,3+1,9+1;2+1,3+1,8+1. The van der Waals surface area contributed by atoms with Crippen LogP contribution in [0, 0.1) is 0 Å². The van der Waals surface area contributed by atoms with Gasteiger partial charge in [-0.25, -0.2) is 45.6 Å². The molecule has 0 aliphatic heterocycles. The van der Waals surface area contributed by atoms with Crippen LogP contribution in [0.3, 0.4) is 0 Å². The Morgan fingerprint density at radius 2 is 0.566 bits per heavy atom. The van der Waals surface area contributed by atoms with Gasteiger partial charge in [0.15, 0.2) is 63.8 Å². The van der Waals surface area contributed by atoms with Crippen LogP contribution in [0.25, 0.3) is 0 Å². The fourth-order valence-electron chi connectivity index (χ4n) is 5.45. The van der Waals surface area contributed by atoms with Crippen LogP contribution in [0.4, 0.5) is 0 Å². The third kappa shape index (κ3) is 100. The average molecular weight is 1910 g/mol. The van der Waals surface area contributed by atoms with Gasteiger partial charge < -0.3 is 104 Å². The van der Waals surface area contributed by atoms with E-state index in [1.807, 2.05) is 0 Å². The molecule has 0 fully saturated rings. The van der Waals surface area contributed by atoms with E-state index in [2.05, 4.69) is 108 Å². The van der Waals surface area contributed by atoms with Crippen LogP contribution in [0.15, 0.2) is 99.2 Å². The van der Waals surface area contributed by atoms with Crippen molar-refractivity contribution >= 4 is 111 Å². The van der Waals surface area contributed by atoms with Gasteiger partial charge in [0.1, 0.15) is 33.3 Å². The number of Topliss-reactive ketones (excluding diaryl/α,β-unsaturated/α-hetero) is 1. The van der Waals surface area contributed by atoms with Gasteiger partial charge in [-0.05, 0) is 39.3 Å². The SMILES string of the molecule is C=C(C)C(=O)CCOP(=O)([O-])OC[15N+]([13CH3])([13CH3])[13CH3].C=C(C)C(=O)OCOP(=O)([O-])OC[15N+]([13CH3])([13CH3])[13CH3].C=C(C)C(=O)OC[15N+]([13CH3])([13CH3])CC(=O)[O-].C=C(C)C(=O)OC[15N+]([13CH3])([13CH3])CS(=O)(=O)[O-].C=CC(=O)CCOP(=O)([O-])OC[15N+]([13CH3])([13CH3])[13CH3].C=CC(=O)OCOP(=O)([O-])OC[15N+]([13CH3])([13CH3])[13CH3].C=CC(=O)OC[15N+]([13CH3])([13CH3])CC(=O)[O-].C=CC(=O)OC[15N+]([13CH3])([13CH3])CS(=O)(=O)[O-]. The first-order valence-electron chi connectivity index (χ1n) is 34.6. The molecule has 0 aromatic rings. The van der Waals surface area contributed by atoms with E-state index in [1.165, 1.54) is 49.0 Å². The molecule has 0 amide bonds. The highest BCUT2D eigenvalue weighted by Gasteiger charge is 2.25. The number of allylic oxidation sites excluding steroid dienone is 2. The summed E-state index contributed by atoms with van der Waals surface area (Å²) in [5, 5.41) is 20.6. The summed E-state index contributed by atoms with van der Waals surface area (Å²) in [5.41, 5.74) is 1.04. The number of carbonyl (C=O) groups excluding carboxylic acids is 10. The molecule has 0 aliphatic carbocycles. The van der Waals surface area contributed by atoms with Crippen molar-refractivity contribution in [3.05, 3.63) is 99.2 Å². The van der Waals surface area contributed by atoms with Crippen molar-refractivity contribution < 1.29 is 222 Å². The second-order valence-corrected chi connectivity index (χ2v) is 40.2. The number of phosphoric ester groups is 4. The number of esters is 6. The van der Waals surface area contributed by atoms with E-state index in [9.17, 15) is 122 Å². The molecule has 0 heterocycles. The summed E-state index contributed by atoms with van der Waals surface area (Å²) in [6, 6.07) is 0. The summed E-state index contributed by atoms with van der Waals surface area (Å²) in [7, 11) is 7.36.